The van der Waals surface area contributed by atoms with Gasteiger partial charge in [0.1, 0.15) is 0 Å². The molecule has 60 valence electrons. The highest BCUT2D eigenvalue weighted by atomic mass is 15.3. The van der Waals surface area contributed by atoms with E-state index < -0.39 is 0 Å². The minimum atomic E-state index is -0.171. The van der Waals surface area contributed by atoms with Crippen molar-refractivity contribution in [1.29, 1.82) is 0 Å². The second-order valence-corrected chi connectivity index (χ2v) is 3.23. The van der Waals surface area contributed by atoms with Crippen LogP contribution >= 0.6 is 0 Å². The molecule has 2 rings (SSSR count). The van der Waals surface area contributed by atoms with Gasteiger partial charge in [-0.25, -0.2) is 0 Å². The molecule has 0 spiro atoms. The van der Waals surface area contributed by atoms with E-state index in [4.69, 9.17) is 11.5 Å². The molecule has 0 saturated heterocycles. The number of nitrogens with zero attached hydrogens (tertiary/aromatic N) is 2. The maximum absolute atomic E-state index is 5.97. The van der Waals surface area contributed by atoms with Crippen LogP contribution in [0.3, 0.4) is 0 Å². The first kappa shape index (κ1) is 6.67. The maximum atomic E-state index is 5.97. The van der Waals surface area contributed by atoms with E-state index in [2.05, 4.69) is 5.10 Å². The quantitative estimate of drug-likeness (QED) is 0.592. The molecule has 1 aliphatic rings. The lowest BCUT2D eigenvalue weighted by Gasteiger charge is -2.09. The molecule has 0 amide bonds. The zero-order valence-corrected chi connectivity index (χ0v) is 6.54. The summed E-state index contributed by atoms with van der Waals surface area (Å²) in [6.07, 6.45) is 3.70. The fourth-order valence-electron chi connectivity index (χ4n) is 1.44. The predicted molar refractivity (Wildman–Crippen MR) is 42.7 cm³/mol. The Morgan fingerprint density at radius 1 is 1.64 bits per heavy atom. The highest BCUT2D eigenvalue weighted by Crippen LogP contribution is 2.44. The highest BCUT2D eigenvalue weighted by Gasteiger charge is 2.43. The monoisotopic (exact) mass is 152 g/mol. The van der Waals surface area contributed by atoms with Crippen LogP contribution in [0, 0.1) is 0 Å². The number of anilines is 1. The molecular formula is C7H12N4. The first-order chi connectivity index (χ1) is 5.13. The molecule has 1 saturated carbocycles. The summed E-state index contributed by atoms with van der Waals surface area (Å²) in [6.45, 7) is 0. The summed E-state index contributed by atoms with van der Waals surface area (Å²) in [6, 6.07) is 0. The molecular weight excluding hydrogens is 140 g/mol. The molecule has 1 heterocycles. The lowest BCUT2D eigenvalue weighted by atomic mass is 10.2. The van der Waals surface area contributed by atoms with E-state index in [1.807, 2.05) is 7.05 Å². The van der Waals surface area contributed by atoms with E-state index in [9.17, 15) is 0 Å². The van der Waals surface area contributed by atoms with Crippen molar-refractivity contribution in [3.05, 3.63) is 11.9 Å². The van der Waals surface area contributed by atoms with Gasteiger partial charge in [0.2, 0.25) is 0 Å². The van der Waals surface area contributed by atoms with Gasteiger partial charge in [0.25, 0.3) is 0 Å². The van der Waals surface area contributed by atoms with Gasteiger partial charge >= 0.3 is 0 Å². The average molecular weight is 152 g/mol. The standard InChI is InChI=1S/C7H12N4/c1-11-6(5(8)4-10-11)7(9)2-3-7/h4H,2-3,8-9H2,1H3. The third-order valence-corrected chi connectivity index (χ3v) is 2.23. The lowest BCUT2D eigenvalue weighted by molar-refractivity contribution is 0.617. The number of nitrogens with two attached hydrogens (primary N) is 2. The van der Waals surface area contributed by atoms with Crippen LogP contribution in [0.5, 0.6) is 0 Å². The minimum absolute atomic E-state index is 0.171. The summed E-state index contributed by atoms with van der Waals surface area (Å²) >= 11 is 0. The van der Waals surface area contributed by atoms with E-state index in [0.717, 1.165) is 18.5 Å². The molecule has 0 unspecified atom stereocenters. The first-order valence-electron chi connectivity index (χ1n) is 3.70. The molecule has 0 bridgehead atoms. The van der Waals surface area contributed by atoms with Crippen molar-refractivity contribution in [1.82, 2.24) is 9.78 Å². The molecule has 11 heavy (non-hydrogen) atoms. The second-order valence-electron chi connectivity index (χ2n) is 3.23. The normalized spacial score (nSPS) is 20.2. The topological polar surface area (TPSA) is 69.9 Å². The van der Waals surface area contributed by atoms with Gasteiger partial charge in [0, 0.05) is 7.05 Å². The SMILES string of the molecule is Cn1ncc(N)c1C1(N)CC1. The molecule has 1 aromatic rings. The fourth-order valence-corrected chi connectivity index (χ4v) is 1.44. The smallest absolute Gasteiger partial charge is 0.0808 e. The van der Waals surface area contributed by atoms with Crippen molar-refractivity contribution in [2.24, 2.45) is 12.8 Å². The summed E-state index contributed by atoms with van der Waals surface area (Å²) in [4.78, 5) is 0. The third kappa shape index (κ3) is 0.826. The van der Waals surface area contributed by atoms with Gasteiger partial charge in [-0.3, -0.25) is 4.68 Å². The molecule has 4 nitrogen and oxygen atoms in total. The van der Waals surface area contributed by atoms with E-state index >= 15 is 0 Å². The Balaban J connectivity index is 2.50. The maximum Gasteiger partial charge on any atom is 0.0808 e. The van der Waals surface area contributed by atoms with Crippen molar-refractivity contribution in [3.63, 3.8) is 0 Å². The fraction of sp³-hybridized carbons (Fsp3) is 0.571. The Morgan fingerprint density at radius 3 is 2.64 bits per heavy atom. The van der Waals surface area contributed by atoms with Gasteiger partial charge in [-0.05, 0) is 12.8 Å². The number of rotatable bonds is 1. The minimum Gasteiger partial charge on any atom is -0.396 e. The lowest BCUT2D eigenvalue weighted by Crippen LogP contribution is -2.23. The molecule has 4 heteroatoms. The molecule has 0 aliphatic heterocycles. The van der Waals surface area contributed by atoms with Crippen LogP contribution in [-0.2, 0) is 12.6 Å². The Bertz CT molecular complexity index is 265. The molecule has 0 atom stereocenters. The van der Waals surface area contributed by atoms with E-state index in [-0.39, 0.29) is 5.54 Å². The molecule has 1 aromatic heterocycles. The summed E-state index contributed by atoms with van der Waals surface area (Å²) in [5.74, 6) is 0. The van der Waals surface area contributed by atoms with Crippen molar-refractivity contribution >= 4 is 5.69 Å². The summed E-state index contributed by atoms with van der Waals surface area (Å²) in [5, 5.41) is 4.03. The summed E-state index contributed by atoms with van der Waals surface area (Å²) in [5.41, 5.74) is 13.2. The molecule has 1 fully saturated rings. The van der Waals surface area contributed by atoms with Crippen LogP contribution in [0.25, 0.3) is 0 Å². The van der Waals surface area contributed by atoms with Crippen LogP contribution in [0.4, 0.5) is 5.69 Å². The van der Waals surface area contributed by atoms with Crippen LogP contribution in [0.2, 0.25) is 0 Å². The van der Waals surface area contributed by atoms with Gasteiger partial charge in [-0.15, -0.1) is 0 Å². The van der Waals surface area contributed by atoms with Gasteiger partial charge < -0.3 is 11.5 Å². The van der Waals surface area contributed by atoms with Crippen molar-refractivity contribution in [2.45, 2.75) is 18.4 Å². The van der Waals surface area contributed by atoms with E-state index in [1.54, 1.807) is 10.9 Å². The molecule has 1 aliphatic carbocycles. The van der Waals surface area contributed by atoms with Gasteiger partial charge in [0.05, 0.1) is 23.1 Å². The predicted octanol–water partition coefficient (Wildman–Crippen LogP) is -0.0499. The van der Waals surface area contributed by atoms with Crippen molar-refractivity contribution < 1.29 is 0 Å². The number of hydrogen-bond donors (Lipinski definition) is 2. The number of aromatic nitrogens is 2. The Kier molecular flexibility index (Phi) is 1.07. The zero-order valence-electron chi connectivity index (χ0n) is 6.54. The average Bonchev–Trinajstić information content (AvgIpc) is 2.56. The highest BCUT2D eigenvalue weighted by molar-refractivity contribution is 5.47. The number of aryl methyl sites for hydroxylation is 1. The number of hydrogen-bond acceptors (Lipinski definition) is 3. The van der Waals surface area contributed by atoms with E-state index in [1.165, 1.54) is 0 Å². The van der Waals surface area contributed by atoms with Gasteiger partial charge in [-0.2, -0.15) is 5.10 Å². The van der Waals surface area contributed by atoms with Gasteiger partial charge in [-0.1, -0.05) is 0 Å². The first-order valence-corrected chi connectivity index (χ1v) is 3.70. The Morgan fingerprint density at radius 2 is 2.27 bits per heavy atom. The Hall–Kier alpha value is -1.03. The van der Waals surface area contributed by atoms with Gasteiger partial charge in [0.15, 0.2) is 0 Å². The summed E-state index contributed by atoms with van der Waals surface area (Å²) in [7, 11) is 1.87. The largest absolute Gasteiger partial charge is 0.396 e. The number of nitrogen functional groups attached to an aromatic ring is 1. The van der Waals surface area contributed by atoms with Crippen LogP contribution in [0.15, 0.2) is 6.20 Å². The zero-order chi connectivity index (χ0) is 8.06. The third-order valence-electron chi connectivity index (χ3n) is 2.23. The van der Waals surface area contributed by atoms with Crippen LogP contribution in [-0.4, -0.2) is 9.78 Å². The Labute approximate surface area is 65.2 Å². The molecule has 4 N–H and O–H groups in total. The van der Waals surface area contributed by atoms with Crippen LogP contribution in [0.1, 0.15) is 18.5 Å². The molecule has 0 radical (unpaired) electrons. The van der Waals surface area contributed by atoms with Crippen molar-refractivity contribution in [3.8, 4) is 0 Å². The summed E-state index contributed by atoms with van der Waals surface area (Å²) < 4.78 is 1.77. The molecule has 0 aromatic carbocycles. The second kappa shape index (κ2) is 1.76. The van der Waals surface area contributed by atoms with Crippen LogP contribution < -0.4 is 11.5 Å². The van der Waals surface area contributed by atoms with E-state index in [0.29, 0.717) is 5.69 Å². The van der Waals surface area contributed by atoms with Crippen molar-refractivity contribution in [2.75, 3.05) is 5.73 Å².